The van der Waals surface area contributed by atoms with Crippen LogP contribution >= 0.6 is 11.3 Å². The molecule has 0 spiro atoms. The molecule has 0 saturated heterocycles. The summed E-state index contributed by atoms with van der Waals surface area (Å²) in [6.45, 7) is 5.17. The monoisotopic (exact) mass is 296 g/mol. The van der Waals surface area contributed by atoms with Crippen LogP contribution in [-0.2, 0) is 6.42 Å². The molecule has 1 aromatic carbocycles. The average molecular weight is 296 g/mol. The molecule has 21 heavy (non-hydrogen) atoms. The molecule has 3 heteroatoms. The highest BCUT2D eigenvalue weighted by atomic mass is 32.1. The summed E-state index contributed by atoms with van der Waals surface area (Å²) >= 11 is 1.83. The molecule has 1 unspecified atom stereocenters. The van der Waals surface area contributed by atoms with E-state index in [1.54, 1.807) is 0 Å². The number of nitrogens with one attached hydrogen (secondary N) is 1. The van der Waals surface area contributed by atoms with Gasteiger partial charge in [-0.15, -0.1) is 11.3 Å². The van der Waals surface area contributed by atoms with Crippen molar-refractivity contribution in [3.63, 3.8) is 0 Å². The van der Waals surface area contributed by atoms with Crippen molar-refractivity contribution in [3.8, 4) is 0 Å². The van der Waals surface area contributed by atoms with Crippen LogP contribution in [0.1, 0.15) is 29.8 Å². The second-order valence-electron chi connectivity index (χ2n) is 5.30. The van der Waals surface area contributed by atoms with Gasteiger partial charge < -0.3 is 5.32 Å². The number of nitrogens with zero attached hydrogens (tertiary/aromatic N) is 1. The van der Waals surface area contributed by atoms with Crippen molar-refractivity contribution in [2.45, 2.75) is 26.3 Å². The second-order valence-corrected chi connectivity index (χ2v) is 6.21. The van der Waals surface area contributed by atoms with Gasteiger partial charge in [0.2, 0.25) is 0 Å². The summed E-state index contributed by atoms with van der Waals surface area (Å²) in [5.74, 6) is 0. The standard InChI is InChI=1S/C18H20N2S/c1-3-19-17(14-8-9-20-13(2)10-14)11-15-12-21-18-7-5-4-6-16(15)18/h4-10,12,17,19H,3,11H2,1-2H3. The van der Waals surface area contributed by atoms with Gasteiger partial charge >= 0.3 is 0 Å². The van der Waals surface area contributed by atoms with Crippen molar-refractivity contribution in [2.75, 3.05) is 6.54 Å². The van der Waals surface area contributed by atoms with Crippen LogP contribution in [0.4, 0.5) is 0 Å². The van der Waals surface area contributed by atoms with E-state index in [0.29, 0.717) is 6.04 Å². The highest BCUT2D eigenvalue weighted by molar-refractivity contribution is 7.17. The third-order valence-electron chi connectivity index (χ3n) is 3.76. The first-order valence-electron chi connectivity index (χ1n) is 7.39. The molecule has 0 radical (unpaired) electrons. The van der Waals surface area contributed by atoms with Gasteiger partial charge in [-0.1, -0.05) is 25.1 Å². The lowest BCUT2D eigenvalue weighted by atomic mass is 9.98. The van der Waals surface area contributed by atoms with E-state index in [0.717, 1.165) is 18.7 Å². The van der Waals surface area contributed by atoms with Gasteiger partial charge in [-0.2, -0.15) is 0 Å². The predicted molar refractivity (Wildman–Crippen MR) is 90.9 cm³/mol. The molecule has 0 fully saturated rings. The van der Waals surface area contributed by atoms with Crippen molar-refractivity contribution < 1.29 is 0 Å². The topological polar surface area (TPSA) is 24.9 Å². The zero-order chi connectivity index (χ0) is 14.7. The fourth-order valence-corrected chi connectivity index (χ4v) is 3.72. The van der Waals surface area contributed by atoms with Crippen molar-refractivity contribution in [3.05, 3.63) is 64.8 Å². The van der Waals surface area contributed by atoms with E-state index in [4.69, 9.17) is 0 Å². The second kappa shape index (κ2) is 6.37. The quantitative estimate of drug-likeness (QED) is 0.750. The van der Waals surface area contributed by atoms with Crippen LogP contribution in [0, 0.1) is 6.92 Å². The lowest BCUT2D eigenvalue weighted by Crippen LogP contribution is -2.23. The van der Waals surface area contributed by atoms with Gasteiger partial charge in [0.25, 0.3) is 0 Å². The largest absolute Gasteiger partial charge is 0.310 e. The highest BCUT2D eigenvalue weighted by Gasteiger charge is 2.14. The number of benzene rings is 1. The Hall–Kier alpha value is -1.71. The van der Waals surface area contributed by atoms with E-state index in [1.165, 1.54) is 21.2 Å². The molecule has 2 aromatic heterocycles. The van der Waals surface area contributed by atoms with Crippen LogP contribution < -0.4 is 5.32 Å². The molecule has 0 aliphatic heterocycles. The van der Waals surface area contributed by atoms with Crippen molar-refractivity contribution >= 4 is 21.4 Å². The average Bonchev–Trinajstić information content (AvgIpc) is 2.90. The Kier molecular flexibility index (Phi) is 4.32. The fourth-order valence-electron chi connectivity index (χ4n) is 2.75. The van der Waals surface area contributed by atoms with Gasteiger partial charge in [0.1, 0.15) is 0 Å². The maximum Gasteiger partial charge on any atom is 0.0375 e. The van der Waals surface area contributed by atoms with Crippen LogP contribution in [0.3, 0.4) is 0 Å². The van der Waals surface area contributed by atoms with Crippen LogP contribution in [-0.4, -0.2) is 11.5 Å². The Morgan fingerprint density at radius 3 is 2.90 bits per heavy atom. The van der Waals surface area contributed by atoms with Gasteiger partial charge in [0, 0.05) is 22.6 Å². The molecule has 2 heterocycles. The summed E-state index contributed by atoms with van der Waals surface area (Å²) in [7, 11) is 0. The first-order chi connectivity index (χ1) is 10.3. The number of fused-ring (bicyclic) bond motifs is 1. The number of hydrogen-bond acceptors (Lipinski definition) is 3. The van der Waals surface area contributed by atoms with Crippen molar-refractivity contribution in [1.29, 1.82) is 0 Å². The minimum absolute atomic E-state index is 0.342. The summed E-state index contributed by atoms with van der Waals surface area (Å²) < 4.78 is 1.37. The van der Waals surface area contributed by atoms with Gasteiger partial charge in [-0.25, -0.2) is 0 Å². The summed E-state index contributed by atoms with van der Waals surface area (Å²) in [4.78, 5) is 4.30. The van der Waals surface area contributed by atoms with Gasteiger partial charge in [0.15, 0.2) is 0 Å². The molecular weight excluding hydrogens is 276 g/mol. The minimum atomic E-state index is 0.342. The number of rotatable bonds is 5. The maximum absolute atomic E-state index is 4.30. The molecule has 0 amide bonds. The molecule has 0 aliphatic rings. The summed E-state index contributed by atoms with van der Waals surface area (Å²) in [5.41, 5.74) is 3.82. The fraction of sp³-hybridized carbons (Fsp3) is 0.278. The van der Waals surface area contributed by atoms with Gasteiger partial charge in [-0.3, -0.25) is 4.98 Å². The first kappa shape index (κ1) is 14.2. The summed E-state index contributed by atoms with van der Waals surface area (Å²) in [6, 6.07) is 13.3. The molecule has 0 bridgehead atoms. The third kappa shape index (κ3) is 3.14. The van der Waals surface area contributed by atoms with Crippen LogP contribution in [0.15, 0.2) is 48.0 Å². The predicted octanol–water partition coefficient (Wildman–Crippen LogP) is 4.50. The zero-order valence-corrected chi connectivity index (χ0v) is 13.3. The molecule has 2 nitrogen and oxygen atoms in total. The lowest BCUT2D eigenvalue weighted by molar-refractivity contribution is 0.551. The van der Waals surface area contributed by atoms with Gasteiger partial charge in [-0.05, 0) is 60.0 Å². The Morgan fingerprint density at radius 2 is 2.10 bits per heavy atom. The van der Waals surface area contributed by atoms with E-state index >= 15 is 0 Å². The Bertz CT molecular complexity index is 733. The van der Waals surface area contributed by atoms with Crippen molar-refractivity contribution in [1.82, 2.24) is 10.3 Å². The van der Waals surface area contributed by atoms with E-state index in [9.17, 15) is 0 Å². The number of aromatic nitrogens is 1. The summed E-state index contributed by atoms with van der Waals surface area (Å²) in [5, 5.41) is 7.29. The van der Waals surface area contributed by atoms with E-state index in [2.05, 4.69) is 59.0 Å². The van der Waals surface area contributed by atoms with Crippen LogP contribution in [0.5, 0.6) is 0 Å². The van der Waals surface area contributed by atoms with Crippen LogP contribution in [0.25, 0.3) is 10.1 Å². The number of aryl methyl sites for hydroxylation is 1. The lowest BCUT2D eigenvalue weighted by Gasteiger charge is -2.18. The maximum atomic E-state index is 4.30. The zero-order valence-electron chi connectivity index (χ0n) is 12.5. The van der Waals surface area contributed by atoms with E-state index in [1.807, 2.05) is 24.5 Å². The smallest absolute Gasteiger partial charge is 0.0375 e. The highest BCUT2D eigenvalue weighted by Crippen LogP contribution is 2.29. The third-order valence-corrected chi connectivity index (χ3v) is 4.77. The van der Waals surface area contributed by atoms with Crippen LogP contribution in [0.2, 0.25) is 0 Å². The first-order valence-corrected chi connectivity index (χ1v) is 8.27. The normalized spacial score (nSPS) is 12.7. The molecule has 3 aromatic rings. The molecule has 3 rings (SSSR count). The molecule has 1 atom stereocenters. The van der Waals surface area contributed by atoms with E-state index < -0.39 is 0 Å². The van der Waals surface area contributed by atoms with Crippen molar-refractivity contribution in [2.24, 2.45) is 0 Å². The Labute approximate surface area is 129 Å². The number of hydrogen-bond donors (Lipinski definition) is 1. The molecular formula is C18H20N2S. The Morgan fingerprint density at radius 1 is 1.24 bits per heavy atom. The Balaban J connectivity index is 1.92. The number of thiophene rings is 1. The van der Waals surface area contributed by atoms with Gasteiger partial charge in [0.05, 0.1) is 0 Å². The molecule has 108 valence electrons. The van der Waals surface area contributed by atoms with E-state index in [-0.39, 0.29) is 0 Å². The molecule has 1 N–H and O–H groups in total. The number of likely N-dealkylation sites (N-methyl/N-ethyl adjacent to an activating group) is 1. The number of pyridine rings is 1. The SMILES string of the molecule is CCNC(Cc1csc2ccccc12)c1ccnc(C)c1. The minimum Gasteiger partial charge on any atom is -0.310 e. The summed E-state index contributed by atoms with van der Waals surface area (Å²) in [6.07, 6.45) is 2.92. The molecule has 0 aliphatic carbocycles. The molecule has 0 saturated carbocycles.